The smallest absolute Gasteiger partial charge is 0.284 e. The van der Waals surface area contributed by atoms with Crippen molar-refractivity contribution in [3.8, 4) is 5.69 Å². The monoisotopic (exact) mass is 386 g/mol. The van der Waals surface area contributed by atoms with Crippen molar-refractivity contribution >= 4 is 17.1 Å². The van der Waals surface area contributed by atoms with E-state index in [1.165, 1.54) is 33.8 Å². The Morgan fingerprint density at radius 2 is 2.04 bits per heavy atom. The lowest BCUT2D eigenvalue weighted by Gasteiger charge is -2.35. The Labute approximate surface area is 159 Å². The molecular formula is C18H19FN6O3. The molecule has 0 radical (unpaired) electrons. The normalized spacial score (nSPS) is 19.9. The van der Waals surface area contributed by atoms with E-state index in [1.54, 1.807) is 11.0 Å². The molecule has 0 N–H and O–H groups in total. The van der Waals surface area contributed by atoms with Gasteiger partial charge in [-0.05, 0) is 32.0 Å². The summed E-state index contributed by atoms with van der Waals surface area (Å²) in [5.41, 5.74) is 0.145. The van der Waals surface area contributed by atoms with Crippen LogP contribution in [0.15, 0.2) is 35.4 Å². The van der Waals surface area contributed by atoms with Crippen LogP contribution in [-0.4, -0.2) is 60.6 Å². The zero-order chi connectivity index (χ0) is 19.8. The number of benzene rings is 1. The summed E-state index contributed by atoms with van der Waals surface area (Å²) >= 11 is 0. The van der Waals surface area contributed by atoms with E-state index in [2.05, 4.69) is 15.3 Å². The molecule has 0 bridgehead atoms. The third kappa shape index (κ3) is 3.38. The summed E-state index contributed by atoms with van der Waals surface area (Å²) in [7, 11) is 0. The minimum absolute atomic E-state index is 0.0169. The van der Waals surface area contributed by atoms with Crippen LogP contribution in [0.1, 0.15) is 13.8 Å². The van der Waals surface area contributed by atoms with Gasteiger partial charge >= 0.3 is 0 Å². The maximum Gasteiger partial charge on any atom is 0.284 e. The largest absolute Gasteiger partial charge is 0.372 e. The van der Waals surface area contributed by atoms with Crippen molar-refractivity contribution in [1.82, 2.24) is 29.4 Å². The van der Waals surface area contributed by atoms with Gasteiger partial charge in [-0.2, -0.15) is 4.68 Å². The molecule has 1 aromatic carbocycles. The Morgan fingerprint density at radius 3 is 2.75 bits per heavy atom. The highest BCUT2D eigenvalue weighted by atomic mass is 19.1. The number of hydrogen-bond acceptors (Lipinski definition) is 6. The highest BCUT2D eigenvalue weighted by molar-refractivity contribution is 5.77. The number of ether oxygens (including phenoxy) is 1. The van der Waals surface area contributed by atoms with Gasteiger partial charge in [0.15, 0.2) is 11.2 Å². The number of rotatable bonds is 3. The molecule has 0 aliphatic carbocycles. The molecule has 3 aromatic rings. The number of carbonyl (C=O) groups excluding carboxylic acids is 1. The Bertz CT molecular complexity index is 1080. The molecule has 9 nitrogen and oxygen atoms in total. The van der Waals surface area contributed by atoms with Gasteiger partial charge in [-0.25, -0.2) is 9.37 Å². The van der Waals surface area contributed by atoms with Gasteiger partial charge < -0.3 is 9.64 Å². The van der Waals surface area contributed by atoms with Crippen molar-refractivity contribution < 1.29 is 13.9 Å². The topological polar surface area (TPSA) is 95.1 Å². The summed E-state index contributed by atoms with van der Waals surface area (Å²) in [5, 5.41) is 7.79. The van der Waals surface area contributed by atoms with Crippen LogP contribution in [0, 0.1) is 5.82 Å². The first-order valence-electron chi connectivity index (χ1n) is 8.92. The van der Waals surface area contributed by atoms with Crippen LogP contribution in [0.5, 0.6) is 0 Å². The second-order valence-corrected chi connectivity index (χ2v) is 6.89. The summed E-state index contributed by atoms with van der Waals surface area (Å²) < 4.78 is 21.6. The number of fused-ring (bicyclic) bond motifs is 1. The average molecular weight is 386 g/mol. The van der Waals surface area contributed by atoms with Crippen molar-refractivity contribution in [3.05, 3.63) is 46.8 Å². The highest BCUT2D eigenvalue weighted by Crippen LogP contribution is 2.14. The van der Waals surface area contributed by atoms with Gasteiger partial charge in [0, 0.05) is 13.1 Å². The van der Waals surface area contributed by atoms with E-state index in [0.717, 1.165) is 0 Å². The summed E-state index contributed by atoms with van der Waals surface area (Å²) in [5.74, 6) is -0.628. The summed E-state index contributed by atoms with van der Waals surface area (Å²) in [6.07, 6.45) is 1.17. The van der Waals surface area contributed by atoms with Gasteiger partial charge in [-0.1, -0.05) is 11.3 Å². The molecule has 1 saturated heterocycles. The van der Waals surface area contributed by atoms with Crippen LogP contribution in [-0.2, 0) is 16.1 Å². The molecular weight excluding hydrogens is 367 g/mol. The molecule has 10 heteroatoms. The number of hydrogen-bond donors (Lipinski definition) is 0. The molecule has 2 aromatic heterocycles. The van der Waals surface area contributed by atoms with E-state index in [1.807, 2.05) is 13.8 Å². The van der Waals surface area contributed by atoms with E-state index in [0.29, 0.717) is 18.8 Å². The van der Waals surface area contributed by atoms with Gasteiger partial charge in [0.25, 0.3) is 5.56 Å². The SMILES string of the molecule is C[C@@H]1CN(C(=O)Cn2cnc3c(nnn3-c3cccc(F)c3)c2=O)C[C@@H](C)O1. The first-order chi connectivity index (χ1) is 13.4. The summed E-state index contributed by atoms with van der Waals surface area (Å²) in [6, 6.07) is 5.74. The molecule has 1 aliphatic heterocycles. The van der Waals surface area contributed by atoms with Crippen molar-refractivity contribution in [2.45, 2.75) is 32.6 Å². The van der Waals surface area contributed by atoms with E-state index in [-0.39, 0.29) is 35.8 Å². The first kappa shape index (κ1) is 18.2. The quantitative estimate of drug-likeness (QED) is 0.659. The maximum atomic E-state index is 13.5. The summed E-state index contributed by atoms with van der Waals surface area (Å²) in [4.78, 5) is 31.2. The molecule has 28 heavy (non-hydrogen) atoms. The molecule has 146 valence electrons. The van der Waals surface area contributed by atoms with Gasteiger partial charge in [0.2, 0.25) is 5.91 Å². The first-order valence-corrected chi connectivity index (χ1v) is 8.92. The lowest BCUT2D eigenvalue weighted by atomic mass is 10.2. The predicted octanol–water partition coefficient (Wildman–Crippen LogP) is 0.752. The third-order valence-electron chi connectivity index (χ3n) is 4.56. The Kier molecular flexibility index (Phi) is 4.63. The number of halogens is 1. The maximum absolute atomic E-state index is 13.5. The molecule has 0 unspecified atom stereocenters. The second kappa shape index (κ2) is 7.12. The number of aromatic nitrogens is 5. The van der Waals surface area contributed by atoms with Crippen molar-refractivity contribution in [2.24, 2.45) is 0 Å². The van der Waals surface area contributed by atoms with Crippen LogP contribution in [0.2, 0.25) is 0 Å². The number of amides is 1. The van der Waals surface area contributed by atoms with E-state index < -0.39 is 11.4 Å². The predicted molar refractivity (Wildman–Crippen MR) is 97.5 cm³/mol. The van der Waals surface area contributed by atoms with Gasteiger partial charge in [-0.3, -0.25) is 14.2 Å². The fraction of sp³-hybridized carbons (Fsp3) is 0.389. The minimum atomic E-state index is -0.477. The fourth-order valence-corrected chi connectivity index (χ4v) is 3.37. The molecule has 4 rings (SSSR count). The third-order valence-corrected chi connectivity index (χ3v) is 4.56. The van der Waals surface area contributed by atoms with E-state index >= 15 is 0 Å². The molecule has 1 fully saturated rings. The van der Waals surface area contributed by atoms with Crippen molar-refractivity contribution in [2.75, 3.05) is 13.1 Å². The van der Waals surface area contributed by atoms with Gasteiger partial charge in [0.1, 0.15) is 18.7 Å². The van der Waals surface area contributed by atoms with Crippen molar-refractivity contribution in [3.63, 3.8) is 0 Å². The molecule has 1 amide bonds. The lowest BCUT2D eigenvalue weighted by molar-refractivity contribution is -0.143. The Morgan fingerprint density at radius 1 is 1.29 bits per heavy atom. The van der Waals surface area contributed by atoms with Crippen LogP contribution in [0.4, 0.5) is 4.39 Å². The summed E-state index contributed by atoms with van der Waals surface area (Å²) in [6.45, 7) is 4.61. The minimum Gasteiger partial charge on any atom is -0.372 e. The number of carbonyl (C=O) groups is 1. The lowest BCUT2D eigenvalue weighted by Crippen LogP contribution is -2.49. The molecule has 0 saturated carbocycles. The highest BCUT2D eigenvalue weighted by Gasteiger charge is 2.26. The average Bonchev–Trinajstić information content (AvgIpc) is 3.08. The standard InChI is InChI=1S/C18H19FN6O3/c1-11-7-23(8-12(2)28-11)15(26)9-24-10-20-17-16(18(24)27)21-22-25(17)14-5-3-4-13(19)6-14/h3-6,10-12H,7-9H2,1-2H3/t11-,12-/m1/s1. The molecule has 0 spiro atoms. The number of morpholine rings is 1. The molecule has 3 heterocycles. The van der Waals surface area contributed by atoms with Crippen LogP contribution < -0.4 is 5.56 Å². The van der Waals surface area contributed by atoms with E-state index in [4.69, 9.17) is 4.74 Å². The zero-order valence-electron chi connectivity index (χ0n) is 15.4. The molecule has 2 atom stereocenters. The van der Waals surface area contributed by atoms with Crippen LogP contribution >= 0.6 is 0 Å². The second-order valence-electron chi connectivity index (χ2n) is 6.89. The van der Waals surface area contributed by atoms with E-state index in [9.17, 15) is 14.0 Å². The van der Waals surface area contributed by atoms with Crippen LogP contribution in [0.25, 0.3) is 16.9 Å². The Balaban J connectivity index is 1.62. The van der Waals surface area contributed by atoms with Crippen molar-refractivity contribution in [1.29, 1.82) is 0 Å². The fourth-order valence-electron chi connectivity index (χ4n) is 3.37. The molecule has 1 aliphatic rings. The van der Waals surface area contributed by atoms with Gasteiger partial charge in [0.05, 0.1) is 17.9 Å². The number of nitrogens with zero attached hydrogens (tertiary/aromatic N) is 6. The van der Waals surface area contributed by atoms with Gasteiger partial charge in [-0.15, -0.1) is 5.10 Å². The Hall–Kier alpha value is -3.14. The zero-order valence-corrected chi connectivity index (χ0v) is 15.4. The van der Waals surface area contributed by atoms with Crippen LogP contribution in [0.3, 0.4) is 0 Å².